The van der Waals surface area contributed by atoms with Gasteiger partial charge in [-0.3, -0.25) is 0 Å². The first-order valence-corrected chi connectivity index (χ1v) is 9.81. The Balaban J connectivity index is 2.69. The van der Waals surface area contributed by atoms with E-state index < -0.39 is 23.9 Å². The standard InChI is InChI=1S/C16H16O4S2/c1-2-21(17,18)16(13-14-9-5-3-6-10-14)22(19,20)15-11-7-4-8-12-15/h3-13H,2H2,1H3. The molecule has 2 aromatic carbocycles. The highest BCUT2D eigenvalue weighted by molar-refractivity contribution is 8.14. The van der Waals surface area contributed by atoms with E-state index >= 15 is 0 Å². The van der Waals surface area contributed by atoms with Crippen LogP contribution in [0.5, 0.6) is 0 Å². The molecule has 0 aliphatic heterocycles. The summed E-state index contributed by atoms with van der Waals surface area (Å²) in [5.41, 5.74) is 0.522. The molecular weight excluding hydrogens is 320 g/mol. The Kier molecular flexibility index (Phi) is 4.83. The molecule has 4 nitrogen and oxygen atoms in total. The summed E-state index contributed by atoms with van der Waals surface area (Å²) in [7, 11) is -7.99. The smallest absolute Gasteiger partial charge is 0.217 e. The van der Waals surface area contributed by atoms with E-state index in [1.54, 1.807) is 48.5 Å². The van der Waals surface area contributed by atoms with Gasteiger partial charge in [0.2, 0.25) is 9.84 Å². The fraction of sp³-hybridized carbons (Fsp3) is 0.125. The van der Waals surface area contributed by atoms with Crippen LogP contribution in [0.15, 0.2) is 69.8 Å². The molecule has 0 atom stereocenters. The SMILES string of the molecule is CCS(=O)(=O)C(=Cc1ccccc1)S(=O)(=O)c1ccccc1. The van der Waals surface area contributed by atoms with Crippen molar-refractivity contribution in [2.24, 2.45) is 0 Å². The molecule has 0 saturated heterocycles. The van der Waals surface area contributed by atoms with Gasteiger partial charge in [0.25, 0.3) is 0 Å². The van der Waals surface area contributed by atoms with Gasteiger partial charge in [-0.1, -0.05) is 55.5 Å². The monoisotopic (exact) mass is 336 g/mol. The summed E-state index contributed by atoms with van der Waals surface area (Å²) < 4.78 is 49.4. The van der Waals surface area contributed by atoms with Gasteiger partial charge in [-0.15, -0.1) is 0 Å². The van der Waals surface area contributed by atoms with Crippen molar-refractivity contribution in [3.63, 3.8) is 0 Å². The lowest BCUT2D eigenvalue weighted by atomic mass is 10.2. The first-order valence-electron chi connectivity index (χ1n) is 6.67. The number of sulfone groups is 2. The molecule has 0 heterocycles. The summed E-state index contributed by atoms with van der Waals surface area (Å²) in [6.45, 7) is 1.43. The second-order valence-corrected chi connectivity index (χ2v) is 9.02. The Hall–Kier alpha value is -1.92. The number of benzene rings is 2. The van der Waals surface area contributed by atoms with Crippen LogP contribution in [0.2, 0.25) is 0 Å². The fourth-order valence-electron chi connectivity index (χ4n) is 1.88. The van der Waals surface area contributed by atoms with E-state index in [-0.39, 0.29) is 10.6 Å². The number of hydrogen-bond acceptors (Lipinski definition) is 4. The average Bonchev–Trinajstić information content (AvgIpc) is 2.54. The first kappa shape index (κ1) is 16.5. The summed E-state index contributed by atoms with van der Waals surface area (Å²) in [6, 6.07) is 16.1. The molecule has 116 valence electrons. The first-order chi connectivity index (χ1) is 10.4. The number of rotatable bonds is 5. The minimum atomic E-state index is -4.10. The van der Waals surface area contributed by atoms with Crippen LogP contribution in [0.25, 0.3) is 6.08 Å². The second-order valence-electron chi connectivity index (χ2n) is 4.59. The quantitative estimate of drug-likeness (QED) is 0.842. The molecule has 0 fully saturated rings. The number of hydrogen-bond donors (Lipinski definition) is 0. The molecule has 0 aliphatic carbocycles. The molecule has 2 aromatic rings. The van der Waals surface area contributed by atoms with E-state index in [2.05, 4.69) is 0 Å². The Labute approximate surface area is 131 Å². The summed E-state index contributed by atoms with van der Waals surface area (Å²) in [6.07, 6.45) is 1.21. The molecule has 0 bridgehead atoms. The molecule has 22 heavy (non-hydrogen) atoms. The van der Waals surface area contributed by atoms with Crippen molar-refractivity contribution in [3.05, 3.63) is 70.5 Å². The highest BCUT2D eigenvalue weighted by Gasteiger charge is 2.30. The van der Waals surface area contributed by atoms with E-state index in [9.17, 15) is 16.8 Å². The van der Waals surface area contributed by atoms with Crippen LogP contribution in [-0.2, 0) is 19.7 Å². The summed E-state index contributed by atoms with van der Waals surface area (Å²) in [4.78, 5) is -0.0331. The van der Waals surface area contributed by atoms with Gasteiger partial charge in [0.05, 0.1) is 10.6 Å². The molecule has 0 unspecified atom stereocenters. The third-order valence-electron chi connectivity index (χ3n) is 3.09. The second kappa shape index (κ2) is 6.46. The van der Waals surface area contributed by atoms with Crippen LogP contribution in [0, 0.1) is 0 Å². The molecule has 0 saturated carbocycles. The van der Waals surface area contributed by atoms with Crippen molar-refractivity contribution in [3.8, 4) is 0 Å². The maximum Gasteiger partial charge on any atom is 0.217 e. The topological polar surface area (TPSA) is 68.3 Å². The van der Waals surface area contributed by atoms with Crippen LogP contribution >= 0.6 is 0 Å². The maximum absolute atomic E-state index is 12.7. The summed E-state index contributed by atoms with van der Waals surface area (Å²) in [5, 5.41) is 0. The predicted octanol–water partition coefficient (Wildman–Crippen LogP) is 2.89. The van der Waals surface area contributed by atoms with Crippen molar-refractivity contribution >= 4 is 25.8 Å². The van der Waals surface area contributed by atoms with Gasteiger partial charge < -0.3 is 0 Å². The molecule has 0 aromatic heterocycles. The van der Waals surface area contributed by atoms with Gasteiger partial charge >= 0.3 is 0 Å². The molecule has 0 radical (unpaired) electrons. The zero-order chi connectivity index (χ0) is 16.2. The molecule has 0 aliphatic rings. The van der Waals surface area contributed by atoms with E-state index in [0.29, 0.717) is 5.56 Å². The van der Waals surface area contributed by atoms with Crippen LogP contribution in [0.3, 0.4) is 0 Å². The molecule has 2 rings (SSSR count). The largest absolute Gasteiger partial charge is 0.223 e. The van der Waals surface area contributed by atoms with Gasteiger partial charge in [-0.2, -0.15) is 0 Å². The molecule has 0 spiro atoms. The third kappa shape index (κ3) is 3.45. The van der Waals surface area contributed by atoms with Crippen LogP contribution in [0.1, 0.15) is 12.5 Å². The van der Waals surface area contributed by atoms with E-state index in [0.717, 1.165) is 0 Å². The van der Waals surface area contributed by atoms with Crippen LogP contribution < -0.4 is 0 Å². The van der Waals surface area contributed by atoms with Crippen molar-refractivity contribution in [1.29, 1.82) is 0 Å². The lowest BCUT2D eigenvalue weighted by Gasteiger charge is -2.09. The van der Waals surface area contributed by atoms with Crippen LogP contribution in [0.4, 0.5) is 0 Å². The fourth-order valence-corrected chi connectivity index (χ4v) is 5.50. The molecule has 0 amide bonds. The molecular formula is C16H16O4S2. The maximum atomic E-state index is 12.7. The zero-order valence-corrected chi connectivity index (χ0v) is 13.6. The highest BCUT2D eigenvalue weighted by Crippen LogP contribution is 2.26. The van der Waals surface area contributed by atoms with Gasteiger partial charge in [-0.25, -0.2) is 16.8 Å². The Morgan fingerprint density at radius 2 is 1.36 bits per heavy atom. The van der Waals surface area contributed by atoms with Crippen molar-refractivity contribution in [2.45, 2.75) is 11.8 Å². The third-order valence-corrected chi connectivity index (χ3v) is 7.54. The lowest BCUT2D eigenvalue weighted by molar-refractivity contribution is 0.596. The van der Waals surface area contributed by atoms with Gasteiger partial charge in [0, 0.05) is 0 Å². The summed E-state index contributed by atoms with van der Waals surface area (Å²) in [5.74, 6) is -0.280. The van der Waals surface area contributed by atoms with Crippen molar-refractivity contribution in [1.82, 2.24) is 0 Å². The zero-order valence-electron chi connectivity index (χ0n) is 12.0. The van der Waals surface area contributed by atoms with E-state index in [4.69, 9.17) is 0 Å². The Morgan fingerprint density at radius 1 is 0.864 bits per heavy atom. The van der Waals surface area contributed by atoms with Crippen molar-refractivity contribution in [2.75, 3.05) is 5.75 Å². The lowest BCUT2D eigenvalue weighted by Crippen LogP contribution is -2.16. The summed E-state index contributed by atoms with van der Waals surface area (Å²) >= 11 is 0. The normalized spacial score (nSPS) is 13.0. The predicted molar refractivity (Wildman–Crippen MR) is 87.5 cm³/mol. The van der Waals surface area contributed by atoms with Crippen LogP contribution in [-0.4, -0.2) is 22.6 Å². The Morgan fingerprint density at radius 3 is 1.86 bits per heavy atom. The molecule has 0 N–H and O–H groups in total. The van der Waals surface area contributed by atoms with Gasteiger partial charge in [-0.05, 0) is 23.8 Å². The van der Waals surface area contributed by atoms with Crippen molar-refractivity contribution < 1.29 is 16.8 Å². The Bertz CT molecular complexity index is 866. The van der Waals surface area contributed by atoms with E-state index in [1.165, 1.54) is 25.1 Å². The average molecular weight is 336 g/mol. The minimum absolute atomic E-state index is 0.0331. The van der Waals surface area contributed by atoms with E-state index in [1.807, 2.05) is 0 Å². The molecule has 6 heteroatoms. The highest BCUT2D eigenvalue weighted by atomic mass is 32.3. The van der Waals surface area contributed by atoms with Gasteiger partial charge in [0.15, 0.2) is 14.1 Å². The van der Waals surface area contributed by atoms with Gasteiger partial charge in [0.1, 0.15) is 0 Å². The minimum Gasteiger partial charge on any atom is -0.223 e.